The van der Waals surface area contributed by atoms with Gasteiger partial charge in [-0.1, -0.05) is 6.07 Å². The molecule has 1 aliphatic heterocycles. The van der Waals surface area contributed by atoms with Gasteiger partial charge in [0.15, 0.2) is 11.6 Å². The summed E-state index contributed by atoms with van der Waals surface area (Å²) in [4.78, 5) is 2.28. The number of hydrogen-bond acceptors (Lipinski definition) is 2. The van der Waals surface area contributed by atoms with Gasteiger partial charge >= 0.3 is 0 Å². The largest absolute Gasteiger partial charge is 0.317 e. The van der Waals surface area contributed by atoms with E-state index < -0.39 is 11.6 Å². The van der Waals surface area contributed by atoms with Crippen molar-refractivity contribution in [2.75, 3.05) is 20.1 Å². The molecule has 0 amide bonds. The van der Waals surface area contributed by atoms with Crippen LogP contribution in [0.15, 0.2) is 18.2 Å². The molecule has 1 aromatic rings. The molecule has 1 fully saturated rings. The Balaban J connectivity index is 0.00000162. The molecular weight excluding hydrogens is 258 g/mol. The monoisotopic (exact) mass is 276 g/mol. The summed E-state index contributed by atoms with van der Waals surface area (Å²) in [5, 5.41) is 3.27. The van der Waals surface area contributed by atoms with Crippen molar-refractivity contribution in [1.29, 1.82) is 0 Å². The highest BCUT2D eigenvalue weighted by molar-refractivity contribution is 5.85. The number of likely N-dealkylation sites (tertiary alicyclic amines) is 1. The van der Waals surface area contributed by atoms with E-state index in [0.29, 0.717) is 12.6 Å². The van der Waals surface area contributed by atoms with Crippen molar-refractivity contribution in [2.24, 2.45) is 0 Å². The number of rotatable bonds is 3. The highest BCUT2D eigenvalue weighted by Crippen LogP contribution is 2.15. The summed E-state index contributed by atoms with van der Waals surface area (Å²) in [6, 6.07) is 4.74. The smallest absolute Gasteiger partial charge is 0.159 e. The van der Waals surface area contributed by atoms with Crippen molar-refractivity contribution in [3.63, 3.8) is 0 Å². The quantitative estimate of drug-likeness (QED) is 0.913. The average Bonchev–Trinajstić information content (AvgIpc) is 2.35. The average molecular weight is 277 g/mol. The molecule has 1 aliphatic rings. The first-order chi connectivity index (χ1) is 8.19. The molecule has 1 heterocycles. The van der Waals surface area contributed by atoms with Crippen LogP contribution in [0, 0.1) is 11.6 Å². The fourth-order valence-electron chi connectivity index (χ4n) is 2.28. The third-order valence-electron chi connectivity index (χ3n) is 3.39. The van der Waals surface area contributed by atoms with Crippen LogP contribution in [-0.4, -0.2) is 31.1 Å². The van der Waals surface area contributed by atoms with Gasteiger partial charge in [0.25, 0.3) is 0 Å². The number of halogens is 3. The lowest BCUT2D eigenvalue weighted by Gasteiger charge is -2.31. The van der Waals surface area contributed by atoms with E-state index in [1.54, 1.807) is 6.07 Å². The third-order valence-corrected chi connectivity index (χ3v) is 3.39. The lowest BCUT2D eigenvalue weighted by atomic mass is 10.0. The maximum atomic E-state index is 13.0. The van der Waals surface area contributed by atoms with Gasteiger partial charge in [-0.25, -0.2) is 8.78 Å². The van der Waals surface area contributed by atoms with Gasteiger partial charge in [0.1, 0.15) is 0 Å². The Bertz CT molecular complexity index is 379. The van der Waals surface area contributed by atoms with E-state index in [1.807, 2.05) is 7.05 Å². The van der Waals surface area contributed by atoms with Crippen LogP contribution in [0.5, 0.6) is 0 Å². The summed E-state index contributed by atoms with van der Waals surface area (Å²) in [6.45, 7) is 2.71. The Kier molecular flexibility index (Phi) is 5.99. The molecular formula is C13H19ClF2N2. The minimum Gasteiger partial charge on any atom is -0.317 e. The lowest BCUT2D eigenvalue weighted by molar-refractivity contribution is 0.194. The Morgan fingerprint density at radius 3 is 2.44 bits per heavy atom. The zero-order valence-electron chi connectivity index (χ0n) is 10.5. The number of benzene rings is 1. The summed E-state index contributed by atoms with van der Waals surface area (Å²) in [5.41, 5.74) is 0.840. The Hall–Kier alpha value is -0.710. The van der Waals surface area contributed by atoms with Gasteiger partial charge in [-0.15, -0.1) is 12.4 Å². The van der Waals surface area contributed by atoms with Gasteiger partial charge in [-0.3, -0.25) is 4.90 Å². The van der Waals surface area contributed by atoms with Crippen LogP contribution in [0.2, 0.25) is 0 Å². The van der Waals surface area contributed by atoms with Crippen LogP contribution < -0.4 is 5.32 Å². The molecule has 0 radical (unpaired) electrons. The fourth-order valence-corrected chi connectivity index (χ4v) is 2.28. The SMILES string of the molecule is CNC1CCN(Cc2ccc(F)c(F)c2)CC1.Cl. The fraction of sp³-hybridized carbons (Fsp3) is 0.538. The van der Waals surface area contributed by atoms with Crippen molar-refractivity contribution in [2.45, 2.75) is 25.4 Å². The predicted molar refractivity (Wildman–Crippen MR) is 71.0 cm³/mol. The number of piperidine rings is 1. The molecule has 0 bridgehead atoms. The van der Waals surface area contributed by atoms with E-state index in [-0.39, 0.29) is 12.4 Å². The van der Waals surface area contributed by atoms with Gasteiger partial charge in [0.05, 0.1) is 0 Å². The van der Waals surface area contributed by atoms with Crippen LogP contribution in [-0.2, 0) is 6.54 Å². The molecule has 18 heavy (non-hydrogen) atoms. The molecule has 1 N–H and O–H groups in total. The second kappa shape index (κ2) is 7.02. The maximum Gasteiger partial charge on any atom is 0.159 e. The zero-order chi connectivity index (χ0) is 12.3. The van der Waals surface area contributed by atoms with Crippen LogP contribution >= 0.6 is 12.4 Å². The van der Waals surface area contributed by atoms with E-state index in [4.69, 9.17) is 0 Å². The Morgan fingerprint density at radius 2 is 1.89 bits per heavy atom. The second-order valence-electron chi connectivity index (χ2n) is 4.59. The van der Waals surface area contributed by atoms with Crippen LogP contribution in [0.4, 0.5) is 8.78 Å². The normalized spacial score (nSPS) is 17.5. The predicted octanol–water partition coefficient (Wildman–Crippen LogP) is 2.57. The van der Waals surface area contributed by atoms with Crippen LogP contribution in [0.25, 0.3) is 0 Å². The Labute approximate surface area is 113 Å². The maximum absolute atomic E-state index is 13.0. The summed E-state index contributed by atoms with van der Waals surface area (Å²) in [7, 11) is 1.98. The number of hydrogen-bond donors (Lipinski definition) is 1. The molecule has 0 atom stereocenters. The van der Waals surface area contributed by atoms with Crippen LogP contribution in [0.3, 0.4) is 0 Å². The summed E-state index contributed by atoms with van der Waals surface area (Å²) < 4.78 is 25.8. The van der Waals surface area contributed by atoms with E-state index in [0.717, 1.165) is 31.5 Å². The zero-order valence-corrected chi connectivity index (χ0v) is 11.3. The standard InChI is InChI=1S/C13H18F2N2.ClH/c1-16-11-4-6-17(7-5-11)9-10-2-3-12(14)13(15)8-10;/h2-3,8,11,16H,4-7,9H2,1H3;1H. The highest BCUT2D eigenvalue weighted by atomic mass is 35.5. The molecule has 0 spiro atoms. The Morgan fingerprint density at radius 1 is 1.22 bits per heavy atom. The minimum absolute atomic E-state index is 0. The first-order valence-corrected chi connectivity index (χ1v) is 6.02. The first-order valence-electron chi connectivity index (χ1n) is 6.02. The third kappa shape index (κ3) is 3.90. The molecule has 102 valence electrons. The topological polar surface area (TPSA) is 15.3 Å². The van der Waals surface area contributed by atoms with E-state index in [2.05, 4.69) is 10.2 Å². The summed E-state index contributed by atoms with van der Waals surface area (Å²) >= 11 is 0. The van der Waals surface area contributed by atoms with Crippen molar-refractivity contribution in [1.82, 2.24) is 10.2 Å². The van der Waals surface area contributed by atoms with Gasteiger partial charge in [-0.2, -0.15) is 0 Å². The van der Waals surface area contributed by atoms with Crippen molar-refractivity contribution >= 4 is 12.4 Å². The number of nitrogens with one attached hydrogen (secondary N) is 1. The first kappa shape index (κ1) is 15.3. The number of nitrogens with zero attached hydrogens (tertiary/aromatic N) is 1. The van der Waals surface area contributed by atoms with Crippen molar-refractivity contribution < 1.29 is 8.78 Å². The van der Waals surface area contributed by atoms with E-state index in [1.165, 1.54) is 12.1 Å². The van der Waals surface area contributed by atoms with Gasteiger partial charge < -0.3 is 5.32 Å². The van der Waals surface area contributed by atoms with Gasteiger partial charge in [0.2, 0.25) is 0 Å². The molecule has 2 nitrogen and oxygen atoms in total. The van der Waals surface area contributed by atoms with E-state index in [9.17, 15) is 8.78 Å². The highest BCUT2D eigenvalue weighted by Gasteiger charge is 2.17. The molecule has 0 aliphatic carbocycles. The molecule has 1 aromatic carbocycles. The molecule has 5 heteroatoms. The van der Waals surface area contributed by atoms with Gasteiger partial charge in [-0.05, 0) is 50.7 Å². The minimum atomic E-state index is -0.775. The second-order valence-corrected chi connectivity index (χ2v) is 4.59. The van der Waals surface area contributed by atoms with Gasteiger partial charge in [0, 0.05) is 12.6 Å². The molecule has 1 saturated heterocycles. The van der Waals surface area contributed by atoms with Crippen LogP contribution in [0.1, 0.15) is 18.4 Å². The molecule has 2 rings (SSSR count). The van der Waals surface area contributed by atoms with E-state index >= 15 is 0 Å². The van der Waals surface area contributed by atoms with Crippen molar-refractivity contribution in [3.8, 4) is 0 Å². The molecule has 0 unspecified atom stereocenters. The molecule has 0 aromatic heterocycles. The van der Waals surface area contributed by atoms with Crippen molar-refractivity contribution in [3.05, 3.63) is 35.4 Å². The summed E-state index contributed by atoms with van der Waals surface area (Å²) in [6.07, 6.45) is 2.22. The summed E-state index contributed by atoms with van der Waals surface area (Å²) in [5.74, 6) is -1.53. The molecule has 0 saturated carbocycles. The lowest BCUT2D eigenvalue weighted by Crippen LogP contribution is -2.40.